The summed E-state index contributed by atoms with van der Waals surface area (Å²) in [7, 11) is 0. The maximum absolute atomic E-state index is 5.85. The summed E-state index contributed by atoms with van der Waals surface area (Å²) in [6.45, 7) is 9.25. The fraction of sp³-hybridized carbons (Fsp3) is 0.471. The molecular formula is C17H25N5O. The number of nitrogen functional groups attached to an aromatic ring is 1. The first-order valence-corrected chi connectivity index (χ1v) is 7.86. The molecule has 1 aromatic carbocycles. The number of nitrogens with two attached hydrogens (primary N) is 1. The number of nitrogens with zero attached hydrogens (tertiary/aromatic N) is 3. The van der Waals surface area contributed by atoms with Gasteiger partial charge in [0.2, 0.25) is 11.9 Å². The van der Waals surface area contributed by atoms with Gasteiger partial charge < -0.3 is 15.8 Å². The first-order chi connectivity index (χ1) is 11.0. The molecule has 1 aromatic heterocycles. The Kier molecular flexibility index (Phi) is 5.87. The van der Waals surface area contributed by atoms with Gasteiger partial charge in [-0.3, -0.25) is 0 Å². The Bertz CT molecular complexity index is 619. The lowest BCUT2D eigenvalue weighted by atomic mass is 10.1. The minimum absolute atomic E-state index is 0.127. The highest BCUT2D eigenvalue weighted by Gasteiger charge is 2.10. The van der Waals surface area contributed by atoms with Gasteiger partial charge in [0, 0.05) is 0 Å². The standard InChI is InChI=1S/C17H25N5O/c1-5-15(21-17-20-13(4)19-16(18)22-17)10-23-9-14-7-11(2)6-12(3)8-14/h6-8,15H,5,9-10H2,1-4H3,(H3,18,19,20,21,22). The Morgan fingerprint density at radius 1 is 1.09 bits per heavy atom. The van der Waals surface area contributed by atoms with Crippen LogP contribution >= 0.6 is 0 Å². The first kappa shape index (κ1) is 17.1. The van der Waals surface area contributed by atoms with Crippen molar-refractivity contribution in [3.05, 3.63) is 40.7 Å². The molecular weight excluding hydrogens is 290 g/mol. The predicted molar refractivity (Wildman–Crippen MR) is 92.3 cm³/mol. The molecule has 0 spiro atoms. The normalized spacial score (nSPS) is 12.2. The monoisotopic (exact) mass is 315 g/mol. The van der Waals surface area contributed by atoms with Gasteiger partial charge in [-0.15, -0.1) is 0 Å². The van der Waals surface area contributed by atoms with Gasteiger partial charge >= 0.3 is 0 Å². The van der Waals surface area contributed by atoms with E-state index in [0.717, 1.165) is 6.42 Å². The van der Waals surface area contributed by atoms with Crippen LogP contribution in [0.25, 0.3) is 0 Å². The van der Waals surface area contributed by atoms with Crippen molar-refractivity contribution < 1.29 is 4.74 Å². The molecule has 0 aliphatic rings. The van der Waals surface area contributed by atoms with Gasteiger partial charge in [-0.05, 0) is 32.8 Å². The van der Waals surface area contributed by atoms with E-state index in [2.05, 4.69) is 59.2 Å². The van der Waals surface area contributed by atoms with Crippen LogP contribution in [0.1, 0.15) is 35.9 Å². The minimum Gasteiger partial charge on any atom is -0.375 e. The van der Waals surface area contributed by atoms with Crippen LogP contribution in [0.3, 0.4) is 0 Å². The molecule has 1 atom stereocenters. The van der Waals surface area contributed by atoms with Gasteiger partial charge in [0.15, 0.2) is 0 Å². The van der Waals surface area contributed by atoms with Crippen LogP contribution in [0.4, 0.5) is 11.9 Å². The lowest BCUT2D eigenvalue weighted by Crippen LogP contribution is -2.26. The van der Waals surface area contributed by atoms with E-state index in [9.17, 15) is 0 Å². The van der Waals surface area contributed by atoms with Crippen molar-refractivity contribution in [3.63, 3.8) is 0 Å². The molecule has 3 N–H and O–H groups in total. The predicted octanol–water partition coefficient (Wildman–Crippen LogP) is 2.79. The number of aryl methyl sites for hydroxylation is 3. The van der Waals surface area contributed by atoms with Gasteiger partial charge in [-0.1, -0.05) is 36.2 Å². The summed E-state index contributed by atoms with van der Waals surface area (Å²) in [6, 6.07) is 6.59. The molecule has 0 amide bonds. The Labute approximate surface area is 137 Å². The second-order valence-corrected chi connectivity index (χ2v) is 5.83. The zero-order valence-corrected chi connectivity index (χ0v) is 14.3. The van der Waals surface area contributed by atoms with E-state index in [1.54, 1.807) is 6.92 Å². The number of ether oxygens (including phenoxy) is 1. The molecule has 0 fully saturated rings. The average molecular weight is 315 g/mol. The van der Waals surface area contributed by atoms with Crippen LogP contribution in [-0.4, -0.2) is 27.6 Å². The third kappa shape index (κ3) is 5.49. The van der Waals surface area contributed by atoms with Crippen molar-refractivity contribution in [2.45, 2.75) is 46.8 Å². The zero-order valence-electron chi connectivity index (χ0n) is 14.3. The maximum Gasteiger partial charge on any atom is 0.228 e. The Morgan fingerprint density at radius 2 is 1.78 bits per heavy atom. The third-order valence-corrected chi connectivity index (χ3v) is 3.46. The van der Waals surface area contributed by atoms with Gasteiger partial charge in [0.25, 0.3) is 0 Å². The summed E-state index contributed by atoms with van der Waals surface area (Å²) < 4.78 is 5.85. The first-order valence-electron chi connectivity index (χ1n) is 7.86. The van der Waals surface area contributed by atoms with Crippen molar-refractivity contribution in [2.75, 3.05) is 17.7 Å². The number of rotatable bonds is 7. The van der Waals surface area contributed by atoms with Crippen LogP contribution in [-0.2, 0) is 11.3 Å². The smallest absolute Gasteiger partial charge is 0.228 e. The van der Waals surface area contributed by atoms with Gasteiger partial charge in [0.05, 0.1) is 19.3 Å². The van der Waals surface area contributed by atoms with E-state index in [1.807, 2.05) is 0 Å². The summed E-state index contributed by atoms with van der Waals surface area (Å²) in [6.07, 6.45) is 0.900. The molecule has 0 aliphatic heterocycles. The van der Waals surface area contributed by atoms with E-state index in [4.69, 9.17) is 10.5 Å². The quantitative estimate of drug-likeness (QED) is 0.817. The van der Waals surface area contributed by atoms with E-state index in [0.29, 0.717) is 25.0 Å². The highest BCUT2D eigenvalue weighted by molar-refractivity contribution is 5.32. The van der Waals surface area contributed by atoms with Crippen LogP contribution in [0.2, 0.25) is 0 Å². The minimum atomic E-state index is 0.127. The highest BCUT2D eigenvalue weighted by Crippen LogP contribution is 2.11. The lowest BCUT2D eigenvalue weighted by Gasteiger charge is -2.17. The van der Waals surface area contributed by atoms with Crippen molar-refractivity contribution in [3.8, 4) is 0 Å². The molecule has 2 aromatic rings. The van der Waals surface area contributed by atoms with Crippen LogP contribution < -0.4 is 11.1 Å². The summed E-state index contributed by atoms with van der Waals surface area (Å²) in [5.74, 6) is 1.33. The molecule has 124 valence electrons. The molecule has 0 saturated carbocycles. The fourth-order valence-electron chi connectivity index (χ4n) is 2.48. The summed E-state index contributed by atoms with van der Waals surface area (Å²) in [5.41, 5.74) is 9.35. The van der Waals surface area contributed by atoms with E-state index in [1.165, 1.54) is 16.7 Å². The Hall–Kier alpha value is -2.21. The molecule has 1 unspecified atom stereocenters. The average Bonchev–Trinajstić information content (AvgIpc) is 2.44. The van der Waals surface area contributed by atoms with Crippen LogP contribution in [0, 0.1) is 20.8 Å². The molecule has 23 heavy (non-hydrogen) atoms. The number of aromatic nitrogens is 3. The maximum atomic E-state index is 5.85. The summed E-state index contributed by atoms with van der Waals surface area (Å²) in [4.78, 5) is 12.3. The third-order valence-electron chi connectivity index (χ3n) is 3.46. The van der Waals surface area contributed by atoms with Gasteiger partial charge in [-0.25, -0.2) is 0 Å². The highest BCUT2D eigenvalue weighted by atomic mass is 16.5. The van der Waals surface area contributed by atoms with Crippen LogP contribution in [0.15, 0.2) is 18.2 Å². The Morgan fingerprint density at radius 3 is 2.39 bits per heavy atom. The van der Waals surface area contributed by atoms with Gasteiger partial charge in [-0.2, -0.15) is 15.0 Å². The van der Waals surface area contributed by atoms with E-state index in [-0.39, 0.29) is 12.0 Å². The Balaban J connectivity index is 1.89. The largest absolute Gasteiger partial charge is 0.375 e. The van der Waals surface area contributed by atoms with E-state index >= 15 is 0 Å². The number of nitrogens with one attached hydrogen (secondary N) is 1. The van der Waals surface area contributed by atoms with Crippen LogP contribution in [0.5, 0.6) is 0 Å². The summed E-state index contributed by atoms with van der Waals surface area (Å²) in [5, 5.41) is 3.25. The van der Waals surface area contributed by atoms with Crippen molar-refractivity contribution in [1.29, 1.82) is 0 Å². The SMILES string of the molecule is CCC(COCc1cc(C)cc(C)c1)Nc1nc(C)nc(N)n1. The molecule has 0 bridgehead atoms. The molecule has 2 rings (SSSR count). The molecule has 1 heterocycles. The van der Waals surface area contributed by atoms with Crippen molar-refractivity contribution in [2.24, 2.45) is 0 Å². The number of anilines is 2. The molecule has 6 nitrogen and oxygen atoms in total. The summed E-state index contributed by atoms with van der Waals surface area (Å²) >= 11 is 0. The second kappa shape index (κ2) is 7.87. The fourth-order valence-corrected chi connectivity index (χ4v) is 2.48. The van der Waals surface area contributed by atoms with Crippen molar-refractivity contribution in [1.82, 2.24) is 15.0 Å². The zero-order chi connectivity index (χ0) is 16.8. The van der Waals surface area contributed by atoms with Crippen molar-refractivity contribution >= 4 is 11.9 Å². The van der Waals surface area contributed by atoms with Gasteiger partial charge in [0.1, 0.15) is 5.82 Å². The number of benzene rings is 1. The molecule has 6 heteroatoms. The molecule has 0 aliphatic carbocycles. The molecule has 0 radical (unpaired) electrons. The number of hydrogen-bond donors (Lipinski definition) is 2. The number of hydrogen-bond acceptors (Lipinski definition) is 6. The second-order valence-electron chi connectivity index (χ2n) is 5.83. The topological polar surface area (TPSA) is 86.0 Å². The lowest BCUT2D eigenvalue weighted by molar-refractivity contribution is 0.111. The molecule has 0 saturated heterocycles. The van der Waals surface area contributed by atoms with E-state index < -0.39 is 0 Å².